The molecule has 0 radical (unpaired) electrons. The Balaban J connectivity index is 1.70. The van der Waals surface area contributed by atoms with Gasteiger partial charge in [-0.15, -0.1) is 0 Å². The monoisotopic (exact) mass is 474 g/mol. The number of ether oxygens (including phenoxy) is 2. The third-order valence-electron chi connectivity index (χ3n) is 4.13. The Morgan fingerprint density at radius 2 is 1.65 bits per heavy atom. The Labute approximate surface area is 193 Å². The van der Waals surface area contributed by atoms with Gasteiger partial charge < -0.3 is 30.5 Å². The molecule has 4 N–H and O–H groups in total. The second kappa shape index (κ2) is 13.1. The van der Waals surface area contributed by atoms with E-state index in [1.54, 1.807) is 24.3 Å². The molecule has 0 bridgehead atoms. The lowest BCUT2D eigenvalue weighted by molar-refractivity contribution is -0.384. The van der Waals surface area contributed by atoms with E-state index in [2.05, 4.69) is 16.0 Å². The van der Waals surface area contributed by atoms with Gasteiger partial charge in [0.15, 0.2) is 0 Å². The minimum absolute atomic E-state index is 0.00589. The van der Waals surface area contributed by atoms with E-state index in [1.807, 2.05) is 6.07 Å². The van der Waals surface area contributed by atoms with Crippen LogP contribution >= 0.6 is 0 Å². The number of nitrogens with one attached hydrogen (secondary N) is 3. The van der Waals surface area contributed by atoms with Gasteiger partial charge in [0.2, 0.25) is 11.8 Å². The first-order chi connectivity index (χ1) is 16.3. The Kier molecular flexibility index (Phi) is 9.94. The van der Waals surface area contributed by atoms with Gasteiger partial charge in [-0.1, -0.05) is 30.3 Å². The molecule has 0 saturated carbocycles. The Bertz CT molecular complexity index is 1010. The topological polar surface area (TPSA) is 186 Å². The molecule has 0 spiro atoms. The van der Waals surface area contributed by atoms with Crippen LogP contribution in [0.15, 0.2) is 54.6 Å². The molecule has 0 fully saturated rings. The van der Waals surface area contributed by atoms with Gasteiger partial charge in [-0.2, -0.15) is 0 Å². The van der Waals surface area contributed by atoms with Crippen molar-refractivity contribution in [3.05, 3.63) is 70.3 Å². The third-order valence-corrected chi connectivity index (χ3v) is 4.13. The van der Waals surface area contributed by atoms with Crippen molar-refractivity contribution in [2.75, 3.05) is 19.7 Å². The summed E-state index contributed by atoms with van der Waals surface area (Å²) in [7, 11) is 0. The number of esters is 1. The molecule has 0 aliphatic heterocycles. The number of hydrogen-bond donors (Lipinski definition) is 4. The highest BCUT2D eigenvalue weighted by Gasteiger charge is 2.21. The summed E-state index contributed by atoms with van der Waals surface area (Å²) in [5, 5.41) is 26.5. The average Bonchev–Trinajstić information content (AvgIpc) is 2.84. The van der Waals surface area contributed by atoms with E-state index in [9.17, 15) is 34.4 Å². The fraction of sp³-hybridized carbons (Fsp3) is 0.238. The molecule has 2 rings (SSSR count). The molecule has 0 aliphatic rings. The van der Waals surface area contributed by atoms with Crippen LogP contribution in [0.5, 0.6) is 5.75 Å². The van der Waals surface area contributed by atoms with Crippen molar-refractivity contribution >= 4 is 29.6 Å². The first-order valence-electron chi connectivity index (χ1n) is 9.86. The largest absolute Gasteiger partial charge is 0.445 e. The van der Waals surface area contributed by atoms with Gasteiger partial charge in [-0.25, -0.2) is 9.59 Å². The van der Waals surface area contributed by atoms with Crippen LogP contribution in [0.25, 0.3) is 0 Å². The van der Waals surface area contributed by atoms with E-state index in [0.29, 0.717) is 0 Å². The highest BCUT2D eigenvalue weighted by Crippen LogP contribution is 2.17. The van der Waals surface area contributed by atoms with Crippen LogP contribution in [-0.2, 0) is 25.7 Å². The van der Waals surface area contributed by atoms with Crippen LogP contribution in [0.1, 0.15) is 5.56 Å². The standard InChI is InChI=1S/C21H22N4O9/c26-12-17(24-18(27)10-23-21(30)33-13-14-4-2-1-3-5-14)20(29)22-11-19(28)34-16-8-6-15(7-9-16)25(31)32/h1-9,17,26H,10-13H2,(H,22,29)(H,23,30)(H,24,27). The molecule has 1 atom stereocenters. The van der Waals surface area contributed by atoms with Gasteiger partial charge in [-0.05, 0) is 17.7 Å². The van der Waals surface area contributed by atoms with Crippen molar-refractivity contribution in [2.45, 2.75) is 12.6 Å². The number of nitrogens with zero attached hydrogens (tertiary/aromatic N) is 1. The molecule has 13 heteroatoms. The number of amides is 3. The zero-order valence-electron chi connectivity index (χ0n) is 17.8. The number of carbonyl (C=O) groups excluding carboxylic acids is 4. The summed E-state index contributed by atoms with van der Waals surface area (Å²) in [5.74, 6) is -2.50. The molecule has 180 valence electrons. The van der Waals surface area contributed by atoms with Gasteiger partial charge in [0.05, 0.1) is 11.5 Å². The normalized spacial score (nSPS) is 11.0. The fourth-order valence-electron chi connectivity index (χ4n) is 2.45. The van der Waals surface area contributed by atoms with E-state index in [-0.39, 0.29) is 18.0 Å². The molecular weight excluding hydrogens is 452 g/mol. The minimum Gasteiger partial charge on any atom is -0.445 e. The fourth-order valence-corrected chi connectivity index (χ4v) is 2.45. The lowest BCUT2D eigenvalue weighted by atomic mass is 10.2. The lowest BCUT2D eigenvalue weighted by Gasteiger charge is -2.16. The summed E-state index contributed by atoms with van der Waals surface area (Å²) in [6.45, 7) is -1.87. The molecule has 2 aromatic rings. The molecule has 13 nitrogen and oxygen atoms in total. The number of non-ortho nitro benzene ring substituents is 1. The highest BCUT2D eigenvalue weighted by atomic mass is 16.6. The summed E-state index contributed by atoms with van der Waals surface area (Å²) >= 11 is 0. The van der Waals surface area contributed by atoms with Gasteiger partial charge in [0.1, 0.15) is 31.5 Å². The zero-order chi connectivity index (χ0) is 24.9. The second-order valence-corrected chi connectivity index (χ2v) is 6.66. The van der Waals surface area contributed by atoms with E-state index in [4.69, 9.17) is 9.47 Å². The molecule has 0 aromatic heterocycles. The number of benzene rings is 2. The Morgan fingerprint density at radius 1 is 0.971 bits per heavy atom. The van der Waals surface area contributed by atoms with E-state index < -0.39 is 54.5 Å². The van der Waals surface area contributed by atoms with Crippen LogP contribution in [0.3, 0.4) is 0 Å². The number of carbonyl (C=O) groups is 4. The maximum atomic E-state index is 12.1. The van der Waals surface area contributed by atoms with Crippen molar-refractivity contribution in [1.82, 2.24) is 16.0 Å². The van der Waals surface area contributed by atoms with Gasteiger partial charge in [0.25, 0.3) is 5.69 Å². The number of nitro groups is 1. The molecule has 2 aromatic carbocycles. The predicted octanol–water partition coefficient (Wildman–Crippen LogP) is 0.0199. The molecule has 3 amide bonds. The number of hydrogen-bond acceptors (Lipinski definition) is 9. The van der Waals surface area contributed by atoms with Crippen molar-refractivity contribution in [3.63, 3.8) is 0 Å². The Morgan fingerprint density at radius 3 is 2.26 bits per heavy atom. The van der Waals surface area contributed by atoms with E-state index >= 15 is 0 Å². The van der Waals surface area contributed by atoms with Crippen LogP contribution in [0.2, 0.25) is 0 Å². The van der Waals surface area contributed by atoms with Gasteiger partial charge in [0, 0.05) is 12.1 Å². The third kappa shape index (κ3) is 8.92. The number of nitro benzene ring substituents is 1. The maximum absolute atomic E-state index is 12.1. The van der Waals surface area contributed by atoms with Gasteiger partial charge in [-0.3, -0.25) is 19.7 Å². The molecule has 0 saturated heterocycles. The highest BCUT2D eigenvalue weighted by molar-refractivity contribution is 5.91. The van der Waals surface area contributed by atoms with Crippen LogP contribution in [-0.4, -0.2) is 59.6 Å². The number of alkyl carbamates (subject to hydrolysis) is 1. The first-order valence-corrected chi connectivity index (χ1v) is 9.86. The van der Waals surface area contributed by atoms with E-state index in [0.717, 1.165) is 17.7 Å². The van der Waals surface area contributed by atoms with Crippen molar-refractivity contribution in [1.29, 1.82) is 0 Å². The number of aliphatic hydroxyl groups is 1. The zero-order valence-corrected chi connectivity index (χ0v) is 17.8. The molecule has 0 heterocycles. The van der Waals surface area contributed by atoms with Crippen LogP contribution < -0.4 is 20.7 Å². The molecule has 34 heavy (non-hydrogen) atoms. The minimum atomic E-state index is -1.39. The summed E-state index contributed by atoms with van der Waals surface area (Å²) in [6, 6.07) is 12.2. The molecule has 1 unspecified atom stereocenters. The van der Waals surface area contributed by atoms with Gasteiger partial charge >= 0.3 is 12.1 Å². The summed E-state index contributed by atoms with van der Waals surface area (Å²) < 4.78 is 9.87. The second-order valence-electron chi connectivity index (χ2n) is 6.66. The van der Waals surface area contributed by atoms with Crippen molar-refractivity contribution in [3.8, 4) is 5.75 Å². The average molecular weight is 474 g/mol. The number of rotatable bonds is 11. The van der Waals surface area contributed by atoms with Crippen molar-refractivity contribution < 1.29 is 38.7 Å². The van der Waals surface area contributed by atoms with Crippen molar-refractivity contribution in [2.24, 2.45) is 0 Å². The summed E-state index contributed by atoms with van der Waals surface area (Å²) in [4.78, 5) is 57.5. The summed E-state index contributed by atoms with van der Waals surface area (Å²) in [6.07, 6.45) is -0.849. The summed E-state index contributed by atoms with van der Waals surface area (Å²) in [5.41, 5.74) is 0.569. The molecular formula is C21H22N4O9. The van der Waals surface area contributed by atoms with Crippen LogP contribution in [0, 0.1) is 10.1 Å². The van der Waals surface area contributed by atoms with Crippen LogP contribution in [0.4, 0.5) is 10.5 Å². The SMILES string of the molecule is O=C(CNC(=O)OCc1ccccc1)NC(CO)C(=O)NCC(=O)Oc1ccc([N+](=O)[O-])cc1. The maximum Gasteiger partial charge on any atom is 0.407 e. The van der Waals surface area contributed by atoms with E-state index in [1.165, 1.54) is 12.1 Å². The first kappa shape index (κ1) is 25.7. The lowest BCUT2D eigenvalue weighted by Crippen LogP contribution is -2.52. The Hall–Kier alpha value is -4.52. The number of aliphatic hydroxyl groups excluding tert-OH is 1. The smallest absolute Gasteiger partial charge is 0.407 e. The molecule has 0 aliphatic carbocycles. The quantitative estimate of drug-likeness (QED) is 0.151. The predicted molar refractivity (Wildman–Crippen MR) is 115 cm³/mol.